The Balaban J connectivity index is 1.55. The number of primary amides is 1. The Bertz CT molecular complexity index is 1310. The maximum atomic E-state index is 16.0. The van der Waals surface area contributed by atoms with Crippen molar-refractivity contribution in [2.75, 3.05) is 27.2 Å². The quantitative estimate of drug-likeness (QED) is 0.403. The minimum atomic E-state index is -2.81. The molecular weight excluding hydrogens is 525 g/mol. The number of halogens is 1. The van der Waals surface area contributed by atoms with E-state index in [1.165, 1.54) is 25.1 Å². The number of fused-ring (bicyclic) bond motifs is 3. The number of hydrogen-bond donors (Lipinski definition) is 3. The summed E-state index contributed by atoms with van der Waals surface area (Å²) < 4.78 is 21.7. The molecule has 1 heterocycles. The molecule has 1 aromatic carbocycles. The lowest BCUT2D eigenvalue weighted by atomic mass is 9.52. The minimum Gasteiger partial charge on any atom is -0.507 e. The van der Waals surface area contributed by atoms with E-state index in [4.69, 9.17) is 10.5 Å². The molecular formula is C28H34FN3O8. The van der Waals surface area contributed by atoms with Crippen LogP contribution >= 0.6 is 0 Å². The number of likely N-dealkylation sites (N-methyl/N-ethyl adjacent to an activating group) is 1. The van der Waals surface area contributed by atoms with E-state index >= 15 is 4.39 Å². The van der Waals surface area contributed by atoms with Crippen molar-refractivity contribution in [2.24, 2.45) is 29.4 Å². The predicted molar refractivity (Wildman–Crippen MR) is 136 cm³/mol. The Hall–Kier alpha value is -3.06. The zero-order valence-corrected chi connectivity index (χ0v) is 22.7. The summed E-state index contributed by atoms with van der Waals surface area (Å²) in [5, 5.41) is 22.5. The van der Waals surface area contributed by atoms with E-state index in [0.717, 1.165) is 12.8 Å². The van der Waals surface area contributed by atoms with Crippen LogP contribution in [0.4, 0.5) is 4.39 Å². The van der Waals surface area contributed by atoms with E-state index in [-0.39, 0.29) is 42.3 Å². The van der Waals surface area contributed by atoms with Gasteiger partial charge >= 0.3 is 0 Å². The lowest BCUT2D eigenvalue weighted by molar-refractivity contribution is -0.181. The fraction of sp³-hybridized carbons (Fsp3) is 0.607. The number of carbonyl (C=O) groups excluding carboxylic acids is 5. The second-order valence-corrected chi connectivity index (χ2v) is 11.5. The first kappa shape index (κ1) is 28.5. The number of phenols is 1. The number of rotatable bonds is 6. The van der Waals surface area contributed by atoms with Crippen LogP contribution in [-0.2, 0) is 36.9 Å². The Morgan fingerprint density at radius 3 is 2.50 bits per heavy atom. The first-order chi connectivity index (χ1) is 18.8. The van der Waals surface area contributed by atoms with Gasteiger partial charge in [0.1, 0.15) is 17.8 Å². The molecule has 0 bridgehead atoms. The smallest absolute Gasteiger partial charge is 0.235 e. The molecule has 40 heavy (non-hydrogen) atoms. The van der Waals surface area contributed by atoms with Gasteiger partial charge in [0, 0.05) is 30.2 Å². The summed E-state index contributed by atoms with van der Waals surface area (Å²) in [4.78, 5) is 69.4. The van der Waals surface area contributed by atoms with Crippen molar-refractivity contribution in [3.8, 4) is 5.75 Å². The third-order valence-electron chi connectivity index (χ3n) is 9.16. The summed E-state index contributed by atoms with van der Waals surface area (Å²) in [7, 11) is 3.01. The van der Waals surface area contributed by atoms with Gasteiger partial charge in [0.15, 0.2) is 34.7 Å². The van der Waals surface area contributed by atoms with Gasteiger partial charge in [-0.3, -0.25) is 33.8 Å². The number of aromatic hydroxyl groups is 1. The van der Waals surface area contributed by atoms with Crippen molar-refractivity contribution >= 4 is 29.0 Å². The molecule has 5 rings (SSSR count). The number of Topliss-reactive ketones (excluding diaryl/α,β-unsaturated/α-hetero) is 4. The van der Waals surface area contributed by atoms with Gasteiger partial charge in [-0.1, -0.05) is 6.92 Å². The van der Waals surface area contributed by atoms with Crippen LogP contribution in [0.3, 0.4) is 0 Å². The van der Waals surface area contributed by atoms with Crippen molar-refractivity contribution < 1.29 is 43.3 Å². The van der Waals surface area contributed by atoms with Crippen LogP contribution < -0.4 is 5.73 Å². The lowest BCUT2D eigenvalue weighted by Gasteiger charge is -2.52. The molecule has 0 spiro atoms. The maximum Gasteiger partial charge on any atom is 0.235 e. The molecule has 0 radical (unpaired) electrons. The number of ketones is 4. The van der Waals surface area contributed by atoms with Gasteiger partial charge in [-0.2, -0.15) is 0 Å². The fourth-order valence-corrected chi connectivity index (χ4v) is 7.31. The molecule has 2 unspecified atom stereocenters. The third-order valence-corrected chi connectivity index (χ3v) is 9.16. The molecule has 1 aliphatic heterocycles. The molecule has 2 saturated carbocycles. The number of ether oxygens (including phenoxy) is 1. The molecule has 7 atom stereocenters. The van der Waals surface area contributed by atoms with Crippen LogP contribution in [-0.4, -0.2) is 94.2 Å². The number of benzene rings is 1. The largest absolute Gasteiger partial charge is 0.507 e. The van der Waals surface area contributed by atoms with E-state index < -0.39 is 75.9 Å². The monoisotopic (exact) mass is 559 g/mol. The zero-order chi connectivity index (χ0) is 29.3. The average molecular weight is 560 g/mol. The van der Waals surface area contributed by atoms with Crippen LogP contribution in [0.15, 0.2) is 6.07 Å². The standard InChI is InChI=1S/C28H34FN3O8/c1-4-32(17-6-5-7-40-17)11-13-10-16(33)19-14(21(13)29)8-12-9-15-22(31(2)3)24(35)20(27(30)38)26(37)28(15,39)25(36)18(12)23(19)34/h10,12,15,17-18,20,22,33,39H,4-9,11H2,1-3H3,(H2,30,38)/t12-,15-,17+,18?,20?,22-,28-/m0/s1. The number of phenolic OH excluding ortho intramolecular Hbond substituents is 1. The topological polar surface area (TPSA) is 168 Å². The van der Waals surface area contributed by atoms with Crippen LogP contribution in [0, 0.1) is 29.5 Å². The number of amides is 1. The van der Waals surface area contributed by atoms with E-state index in [1.807, 2.05) is 11.8 Å². The molecule has 12 heteroatoms. The van der Waals surface area contributed by atoms with Gasteiger partial charge in [0.05, 0.1) is 17.5 Å². The summed E-state index contributed by atoms with van der Waals surface area (Å²) in [5.41, 5.74) is 2.30. The van der Waals surface area contributed by atoms with Crippen LogP contribution in [0.2, 0.25) is 0 Å². The van der Waals surface area contributed by atoms with Crippen molar-refractivity contribution in [2.45, 2.75) is 57.0 Å². The molecule has 0 aromatic heterocycles. The molecule has 4 aliphatic rings. The van der Waals surface area contributed by atoms with E-state index in [1.54, 1.807) is 0 Å². The Morgan fingerprint density at radius 2 is 1.93 bits per heavy atom. The van der Waals surface area contributed by atoms with Crippen LogP contribution in [0.1, 0.15) is 47.7 Å². The summed E-state index contributed by atoms with van der Waals surface area (Å²) in [6.07, 6.45) is 1.24. The van der Waals surface area contributed by atoms with E-state index in [2.05, 4.69) is 0 Å². The first-order valence-corrected chi connectivity index (χ1v) is 13.6. The van der Waals surface area contributed by atoms with Gasteiger partial charge in [-0.05, 0) is 58.3 Å². The number of carbonyl (C=O) groups is 5. The van der Waals surface area contributed by atoms with Crippen LogP contribution in [0.25, 0.3) is 0 Å². The average Bonchev–Trinajstić information content (AvgIpc) is 3.41. The molecule has 3 aliphatic carbocycles. The molecule has 1 amide bonds. The SMILES string of the molecule is CCN(Cc1cc(O)c2c(c1F)C[C@H]1C[C@H]3[C@H](N(C)C)C(=O)C(C(N)=O)C(=O)[C@@]3(O)C(=O)C1C2=O)[C@H]1CCCO1. The van der Waals surface area contributed by atoms with Gasteiger partial charge in [-0.15, -0.1) is 0 Å². The highest BCUT2D eigenvalue weighted by molar-refractivity contribution is 6.32. The number of nitrogens with zero attached hydrogens (tertiary/aromatic N) is 2. The molecule has 1 saturated heterocycles. The minimum absolute atomic E-state index is 0.0345. The summed E-state index contributed by atoms with van der Waals surface area (Å²) in [6.45, 7) is 3.23. The third kappa shape index (κ3) is 4.03. The highest BCUT2D eigenvalue weighted by Crippen LogP contribution is 2.51. The Labute approximate surface area is 230 Å². The van der Waals surface area contributed by atoms with Gasteiger partial charge in [0.2, 0.25) is 5.91 Å². The summed E-state index contributed by atoms with van der Waals surface area (Å²) >= 11 is 0. The number of hydrogen-bond acceptors (Lipinski definition) is 10. The van der Waals surface area contributed by atoms with Crippen molar-refractivity contribution in [3.63, 3.8) is 0 Å². The second-order valence-electron chi connectivity index (χ2n) is 11.5. The Morgan fingerprint density at radius 1 is 1.23 bits per heavy atom. The first-order valence-electron chi connectivity index (χ1n) is 13.6. The predicted octanol–water partition coefficient (Wildman–Crippen LogP) is -0.0355. The van der Waals surface area contributed by atoms with E-state index in [0.29, 0.717) is 13.2 Å². The highest BCUT2D eigenvalue weighted by atomic mass is 19.1. The van der Waals surface area contributed by atoms with Crippen molar-refractivity contribution in [1.82, 2.24) is 9.80 Å². The van der Waals surface area contributed by atoms with Crippen molar-refractivity contribution in [1.29, 1.82) is 0 Å². The maximum absolute atomic E-state index is 16.0. The van der Waals surface area contributed by atoms with Gasteiger partial charge in [-0.25, -0.2) is 4.39 Å². The normalized spacial score (nSPS) is 33.8. The van der Waals surface area contributed by atoms with Crippen molar-refractivity contribution in [3.05, 3.63) is 28.6 Å². The molecule has 3 fully saturated rings. The highest BCUT2D eigenvalue weighted by Gasteiger charge is 2.69. The molecule has 11 nitrogen and oxygen atoms in total. The fourth-order valence-electron chi connectivity index (χ4n) is 7.31. The molecule has 4 N–H and O–H groups in total. The Kier molecular flexibility index (Phi) is 7.18. The molecule has 216 valence electrons. The number of aliphatic hydroxyl groups is 1. The zero-order valence-electron chi connectivity index (χ0n) is 22.7. The van der Waals surface area contributed by atoms with Gasteiger partial charge < -0.3 is 20.7 Å². The summed E-state index contributed by atoms with van der Waals surface area (Å²) in [5.74, 6) is -12.4. The van der Waals surface area contributed by atoms with E-state index in [9.17, 15) is 34.2 Å². The second kappa shape index (κ2) is 10.1. The van der Waals surface area contributed by atoms with Gasteiger partial charge in [0.25, 0.3) is 0 Å². The lowest BCUT2D eigenvalue weighted by Crippen LogP contribution is -2.74. The number of nitrogens with two attached hydrogens (primary N) is 1. The molecule has 1 aromatic rings. The summed E-state index contributed by atoms with van der Waals surface area (Å²) in [6, 6.07) is -0.0412. The van der Waals surface area contributed by atoms with Crippen LogP contribution in [0.5, 0.6) is 5.75 Å².